The number of aliphatic hydroxyl groups is 1. The van der Waals surface area contributed by atoms with Crippen molar-refractivity contribution in [2.24, 2.45) is 0 Å². The van der Waals surface area contributed by atoms with Crippen molar-refractivity contribution in [1.82, 2.24) is 10.2 Å². The summed E-state index contributed by atoms with van der Waals surface area (Å²) in [6.45, 7) is 12.0. The number of nitrogens with one attached hydrogen (secondary N) is 1. The van der Waals surface area contributed by atoms with Crippen molar-refractivity contribution < 1.29 is 9.52 Å². The van der Waals surface area contributed by atoms with Gasteiger partial charge in [-0.05, 0) is 65.7 Å². The Morgan fingerprint density at radius 2 is 2.05 bits per heavy atom. The minimum absolute atomic E-state index is 0.512. The second-order valence-electron chi connectivity index (χ2n) is 6.60. The molecule has 1 unspecified atom stereocenters. The van der Waals surface area contributed by atoms with Crippen LogP contribution in [0.25, 0.3) is 0 Å². The minimum Gasteiger partial charge on any atom is -0.466 e. The van der Waals surface area contributed by atoms with Crippen molar-refractivity contribution in [2.45, 2.75) is 58.6 Å². The Labute approximate surface area is 128 Å². The van der Waals surface area contributed by atoms with Gasteiger partial charge >= 0.3 is 0 Å². The van der Waals surface area contributed by atoms with Gasteiger partial charge in [-0.2, -0.15) is 0 Å². The van der Waals surface area contributed by atoms with Crippen LogP contribution in [0.3, 0.4) is 0 Å². The van der Waals surface area contributed by atoms with Gasteiger partial charge < -0.3 is 19.7 Å². The summed E-state index contributed by atoms with van der Waals surface area (Å²) in [5.41, 5.74) is 0.0264. The highest BCUT2D eigenvalue weighted by atomic mass is 16.3. The molecule has 4 heteroatoms. The molecule has 120 valence electrons. The van der Waals surface area contributed by atoms with Crippen LogP contribution in [0.5, 0.6) is 0 Å². The molecule has 1 atom stereocenters. The lowest BCUT2D eigenvalue weighted by Crippen LogP contribution is -2.46. The molecule has 0 radical (unpaired) electrons. The Morgan fingerprint density at radius 3 is 2.57 bits per heavy atom. The summed E-state index contributed by atoms with van der Waals surface area (Å²) in [6, 6.07) is 2.46. The van der Waals surface area contributed by atoms with Crippen LogP contribution in [0.1, 0.15) is 50.2 Å². The van der Waals surface area contributed by atoms with Gasteiger partial charge in [0.1, 0.15) is 17.1 Å². The average Bonchev–Trinajstić information content (AvgIpc) is 2.78. The van der Waals surface area contributed by atoms with Gasteiger partial charge in [0.25, 0.3) is 0 Å². The molecule has 2 N–H and O–H groups in total. The molecule has 21 heavy (non-hydrogen) atoms. The normalized spacial score (nSPS) is 20.6. The number of furan rings is 1. The molecule has 1 aliphatic rings. The Balaban J connectivity index is 1.84. The molecule has 1 aromatic heterocycles. The van der Waals surface area contributed by atoms with Crippen molar-refractivity contribution in [1.29, 1.82) is 0 Å². The SMILES string of the molecule is CCCN1CCC(NCC(C)(O)c2cc(C)oc2C)CC1. The molecule has 0 spiro atoms. The number of hydrogen-bond acceptors (Lipinski definition) is 4. The largest absolute Gasteiger partial charge is 0.466 e. The van der Waals surface area contributed by atoms with Gasteiger partial charge in [-0.3, -0.25) is 0 Å². The number of nitrogens with zero attached hydrogens (tertiary/aromatic N) is 1. The topological polar surface area (TPSA) is 48.6 Å². The molecular formula is C17H30N2O2. The Morgan fingerprint density at radius 1 is 1.38 bits per heavy atom. The molecule has 1 saturated heterocycles. The van der Waals surface area contributed by atoms with Gasteiger partial charge in [0, 0.05) is 18.2 Å². The van der Waals surface area contributed by atoms with Crippen molar-refractivity contribution >= 4 is 0 Å². The number of rotatable bonds is 6. The summed E-state index contributed by atoms with van der Waals surface area (Å²) < 4.78 is 5.54. The van der Waals surface area contributed by atoms with E-state index in [1.54, 1.807) is 0 Å². The van der Waals surface area contributed by atoms with Crippen LogP contribution in [-0.2, 0) is 5.60 Å². The summed E-state index contributed by atoms with van der Waals surface area (Å²) >= 11 is 0. The van der Waals surface area contributed by atoms with E-state index >= 15 is 0 Å². The fourth-order valence-corrected chi connectivity index (χ4v) is 3.28. The molecule has 4 nitrogen and oxygen atoms in total. The average molecular weight is 294 g/mol. The van der Waals surface area contributed by atoms with E-state index in [0.29, 0.717) is 12.6 Å². The van der Waals surface area contributed by atoms with E-state index in [1.165, 1.54) is 25.8 Å². The van der Waals surface area contributed by atoms with E-state index < -0.39 is 5.60 Å². The maximum atomic E-state index is 10.7. The number of hydrogen-bond donors (Lipinski definition) is 2. The molecular weight excluding hydrogens is 264 g/mol. The van der Waals surface area contributed by atoms with E-state index in [1.807, 2.05) is 26.8 Å². The minimum atomic E-state index is -0.873. The van der Waals surface area contributed by atoms with Crippen molar-refractivity contribution in [3.05, 3.63) is 23.2 Å². The number of likely N-dealkylation sites (tertiary alicyclic amines) is 1. The molecule has 2 heterocycles. The standard InChI is InChI=1S/C17H30N2O2/c1-5-8-19-9-6-15(7-10-19)18-12-17(4,20)16-11-13(2)21-14(16)3/h11,15,18,20H,5-10,12H2,1-4H3. The van der Waals surface area contributed by atoms with Crippen LogP contribution in [0, 0.1) is 13.8 Å². The van der Waals surface area contributed by atoms with Crippen molar-refractivity contribution in [3.63, 3.8) is 0 Å². The Hall–Kier alpha value is -0.840. The number of aryl methyl sites for hydroxylation is 2. The molecule has 0 aliphatic carbocycles. The van der Waals surface area contributed by atoms with Crippen LogP contribution >= 0.6 is 0 Å². The second kappa shape index (κ2) is 6.95. The zero-order chi connectivity index (χ0) is 15.5. The maximum Gasteiger partial charge on any atom is 0.107 e. The van der Waals surface area contributed by atoms with Gasteiger partial charge in [0.2, 0.25) is 0 Å². The summed E-state index contributed by atoms with van der Waals surface area (Å²) in [5, 5.41) is 14.3. The first-order chi connectivity index (χ1) is 9.92. The molecule has 0 aromatic carbocycles. The third kappa shape index (κ3) is 4.31. The quantitative estimate of drug-likeness (QED) is 0.846. The molecule has 2 rings (SSSR count). The van der Waals surface area contributed by atoms with Gasteiger partial charge in [0.15, 0.2) is 0 Å². The molecule has 1 fully saturated rings. The maximum absolute atomic E-state index is 10.7. The van der Waals surface area contributed by atoms with E-state index in [-0.39, 0.29) is 0 Å². The monoisotopic (exact) mass is 294 g/mol. The fraction of sp³-hybridized carbons (Fsp3) is 0.765. The summed E-state index contributed by atoms with van der Waals surface area (Å²) in [7, 11) is 0. The summed E-state index contributed by atoms with van der Waals surface area (Å²) in [4.78, 5) is 2.53. The van der Waals surface area contributed by atoms with Crippen molar-refractivity contribution in [2.75, 3.05) is 26.2 Å². The second-order valence-corrected chi connectivity index (χ2v) is 6.60. The van der Waals surface area contributed by atoms with E-state index in [0.717, 1.165) is 30.2 Å². The lowest BCUT2D eigenvalue weighted by molar-refractivity contribution is 0.0487. The Bertz CT molecular complexity index is 446. The molecule has 1 aliphatic heterocycles. The predicted molar refractivity (Wildman–Crippen MR) is 85.5 cm³/mol. The van der Waals surface area contributed by atoms with Gasteiger partial charge in [-0.1, -0.05) is 6.92 Å². The first-order valence-electron chi connectivity index (χ1n) is 8.18. The van der Waals surface area contributed by atoms with Gasteiger partial charge in [-0.15, -0.1) is 0 Å². The van der Waals surface area contributed by atoms with Crippen LogP contribution in [0.4, 0.5) is 0 Å². The van der Waals surface area contributed by atoms with Gasteiger partial charge in [0.05, 0.1) is 0 Å². The van der Waals surface area contributed by atoms with Crippen molar-refractivity contribution in [3.8, 4) is 0 Å². The molecule has 0 bridgehead atoms. The number of piperidine rings is 1. The summed E-state index contributed by atoms with van der Waals surface area (Å²) in [6.07, 6.45) is 3.56. The van der Waals surface area contributed by atoms with Gasteiger partial charge in [-0.25, -0.2) is 0 Å². The van der Waals surface area contributed by atoms with Crippen LogP contribution in [0.15, 0.2) is 10.5 Å². The zero-order valence-electron chi connectivity index (χ0n) is 13.9. The fourth-order valence-electron chi connectivity index (χ4n) is 3.28. The van der Waals surface area contributed by atoms with E-state index in [4.69, 9.17) is 4.42 Å². The lowest BCUT2D eigenvalue weighted by atomic mass is 9.95. The smallest absolute Gasteiger partial charge is 0.107 e. The highest BCUT2D eigenvalue weighted by molar-refractivity contribution is 5.26. The van der Waals surface area contributed by atoms with Crippen LogP contribution in [-0.4, -0.2) is 42.2 Å². The molecule has 1 aromatic rings. The zero-order valence-corrected chi connectivity index (χ0v) is 13.9. The lowest BCUT2D eigenvalue weighted by Gasteiger charge is -2.34. The van der Waals surface area contributed by atoms with Crippen LogP contribution in [0.2, 0.25) is 0 Å². The molecule has 0 saturated carbocycles. The van der Waals surface area contributed by atoms with E-state index in [2.05, 4.69) is 17.1 Å². The molecule has 0 amide bonds. The highest BCUT2D eigenvalue weighted by Gasteiger charge is 2.29. The van der Waals surface area contributed by atoms with E-state index in [9.17, 15) is 5.11 Å². The highest BCUT2D eigenvalue weighted by Crippen LogP contribution is 2.26. The first kappa shape index (κ1) is 16.5. The third-order valence-corrected chi connectivity index (χ3v) is 4.48. The summed E-state index contributed by atoms with van der Waals surface area (Å²) in [5.74, 6) is 1.67. The first-order valence-corrected chi connectivity index (χ1v) is 8.18. The Kier molecular flexibility index (Phi) is 5.47. The predicted octanol–water partition coefficient (Wildman–Crippen LogP) is 2.57. The third-order valence-electron chi connectivity index (χ3n) is 4.48. The van der Waals surface area contributed by atoms with Crippen LogP contribution < -0.4 is 5.32 Å².